The summed E-state index contributed by atoms with van der Waals surface area (Å²) in [5.41, 5.74) is 1.62. The summed E-state index contributed by atoms with van der Waals surface area (Å²) in [6.45, 7) is 14.3. The van der Waals surface area contributed by atoms with E-state index in [1.807, 2.05) is 0 Å². The normalized spacial score (nSPS) is 27.6. The molecule has 0 aromatic carbocycles. The number of ether oxygens (including phenoxy) is 1. The first-order valence-electron chi connectivity index (χ1n) is 8.34. The zero-order valence-corrected chi connectivity index (χ0v) is 15.7. The highest BCUT2D eigenvalue weighted by Gasteiger charge is 2.37. The summed E-state index contributed by atoms with van der Waals surface area (Å²) in [7, 11) is 0.655. The van der Waals surface area contributed by atoms with Gasteiger partial charge in [-0.25, -0.2) is 0 Å². The summed E-state index contributed by atoms with van der Waals surface area (Å²) in [5.74, 6) is 0. The van der Waals surface area contributed by atoms with Gasteiger partial charge in [-0.05, 0) is 44.4 Å². The Balaban J connectivity index is 1.77. The molecule has 0 amide bonds. The molecule has 0 spiro atoms. The first kappa shape index (κ1) is 17.2. The summed E-state index contributed by atoms with van der Waals surface area (Å²) in [4.78, 5) is 2.47. The van der Waals surface area contributed by atoms with Gasteiger partial charge in [-0.1, -0.05) is 32.4 Å². The molecule has 2 aliphatic heterocycles. The van der Waals surface area contributed by atoms with Crippen molar-refractivity contribution in [3.8, 4) is 0 Å². The maximum absolute atomic E-state index is 6.28. The van der Waals surface area contributed by atoms with Gasteiger partial charge in [0.25, 0.3) is 0 Å². The average Bonchev–Trinajstić information content (AvgIpc) is 2.34. The van der Waals surface area contributed by atoms with Crippen molar-refractivity contribution in [2.75, 3.05) is 26.9 Å². The highest BCUT2D eigenvalue weighted by atomic mass is 28.4. The molecular weight excluding hydrogens is 278 g/mol. The van der Waals surface area contributed by atoms with Gasteiger partial charge in [0, 0.05) is 12.6 Å². The third kappa shape index (κ3) is 4.18. The van der Waals surface area contributed by atoms with Gasteiger partial charge in [-0.3, -0.25) is 4.90 Å². The van der Waals surface area contributed by atoms with Crippen molar-refractivity contribution in [2.45, 2.75) is 70.2 Å². The van der Waals surface area contributed by atoms with Crippen LogP contribution in [0.5, 0.6) is 0 Å². The molecule has 3 nitrogen and oxygen atoms in total. The molecule has 2 heterocycles. The van der Waals surface area contributed by atoms with Crippen LogP contribution < -0.4 is 0 Å². The number of fused-ring (bicyclic) bond motifs is 2. The Kier molecular flexibility index (Phi) is 5.34. The molecule has 0 aliphatic carbocycles. The number of likely N-dealkylation sites (N-methyl/N-ethyl adjacent to an activating group) is 1. The second kappa shape index (κ2) is 6.53. The molecule has 0 saturated carbocycles. The Morgan fingerprint density at radius 2 is 2.05 bits per heavy atom. The van der Waals surface area contributed by atoms with Crippen LogP contribution in [0.2, 0.25) is 18.1 Å². The minimum Gasteiger partial charge on any atom is -0.417 e. The fourth-order valence-corrected chi connectivity index (χ4v) is 3.96. The van der Waals surface area contributed by atoms with Gasteiger partial charge in [0.1, 0.15) is 0 Å². The van der Waals surface area contributed by atoms with Gasteiger partial charge in [0.2, 0.25) is 0 Å². The lowest BCUT2D eigenvalue weighted by atomic mass is 9.92. The van der Waals surface area contributed by atoms with Gasteiger partial charge in [-0.2, -0.15) is 0 Å². The molecule has 0 radical (unpaired) electrons. The van der Waals surface area contributed by atoms with E-state index < -0.39 is 8.32 Å². The molecule has 1 fully saturated rings. The van der Waals surface area contributed by atoms with Crippen LogP contribution >= 0.6 is 0 Å². The standard InChI is InChI=1S/C17H33NO2Si/c1-17(2,3)21(5,6)20-9-7-8-14-10-15-12-19-13-16(11-14)18(15)4/h10,15-16H,7-9,11-13H2,1-6H3. The molecule has 0 N–H and O–H groups in total. The number of morpholine rings is 1. The van der Waals surface area contributed by atoms with Crippen LogP contribution in [-0.4, -0.2) is 52.2 Å². The Hall–Kier alpha value is -0.163. The number of hydrogen-bond acceptors (Lipinski definition) is 3. The van der Waals surface area contributed by atoms with Crippen molar-refractivity contribution < 1.29 is 9.16 Å². The van der Waals surface area contributed by atoms with Crippen LogP contribution in [0.3, 0.4) is 0 Å². The fourth-order valence-electron chi connectivity index (χ4n) is 2.87. The van der Waals surface area contributed by atoms with Crippen molar-refractivity contribution in [3.63, 3.8) is 0 Å². The Morgan fingerprint density at radius 1 is 1.33 bits per heavy atom. The van der Waals surface area contributed by atoms with Crippen LogP contribution in [0.4, 0.5) is 0 Å². The third-order valence-electron chi connectivity index (χ3n) is 5.54. The first-order valence-corrected chi connectivity index (χ1v) is 11.2. The summed E-state index contributed by atoms with van der Waals surface area (Å²) < 4.78 is 11.9. The van der Waals surface area contributed by atoms with Crippen LogP contribution in [0.25, 0.3) is 0 Å². The smallest absolute Gasteiger partial charge is 0.191 e. The Labute approximate surface area is 131 Å². The number of rotatable bonds is 5. The van der Waals surface area contributed by atoms with Gasteiger partial charge < -0.3 is 9.16 Å². The molecule has 0 aromatic rings. The molecular formula is C17H33NO2Si. The summed E-state index contributed by atoms with van der Waals surface area (Å²) >= 11 is 0. The van der Waals surface area contributed by atoms with Crippen LogP contribution in [-0.2, 0) is 9.16 Å². The molecule has 2 rings (SSSR count). The van der Waals surface area contributed by atoms with E-state index in [0.717, 1.165) is 26.2 Å². The van der Waals surface area contributed by atoms with E-state index in [9.17, 15) is 0 Å². The predicted molar refractivity (Wildman–Crippen MR) is 91.2 cm³/mol. The Bertz CT molecular complexity index is 387. The van der Waals surface area contributed by atoms with Crippen LogP contribution in [0, 0.1) is 0 Å². The zero-order chi connectivity index (χ0) is 15.7. The van der Waals surface area contributed by atoms with E-state index in [0.29, 0.717) is 17.1 Å². The minimum absolute atomic E-state index is 0.314. The summed E-state index contributed by atoms with van der Waals surface area (Å²) in [6.07, 6.45) is 5.95. The van der Waals surface area contributed by atoms with Crippen molar-refractivity contribution in [1.29, 1.82) is 0 Å². The van der Waals surface area contributed by atoms with Gasteiger partial charge in [-0.15, -0.1) is 0 Å². The highest BCUT2D eigenvalue weighted by molar-refractivity contribution is 6.74. The quantitative estimate of drug-likeness (QED) is 0.438. The minimum atomic E-state index is -1.57. The molecule has 2 atom stereocenters. The van der Waals surface area contributed by atoms with E-state index in [-0.39, 0.29) is 0 Å². The SMILES string of the molecule is CN1C2C=C(CCCO[Si](C)(C)C(C)(C)C)CC1COC2. The number of hydrogen-bond donors (Lipinski definition) is 0. The fraction of sp³-hybridized carbons (Fsp3) is 0.882. The second-order valence-corrected chi connectivity index (χ2v) is 13.0. The van der Waals surface area contributed by atoms with Crippen molar-refractivity contribution in [1.82, 2.24) is 4.90 Å². The summed E-state index contributed by atoms with van der Waals surface area (Å²) in [6, 6.07) is 1.08. The van der Waals surface area contributed by atoms with E-state index in [1.165, 1.54) is 12.8 Å². The van der Waals surface area contributed by atoms with Crippen molar-refractivity contribution in [3.05, 3.63) is 11.6 Å². The van der Waals surface area contributed by atoms with Gasteiger partial charge in [0.05, 0.1) is 19.3 Å². The van der Waals surface area contributed by atoms with Crippen molar-refractivity contribution >= 4 is 8.32 Å². The molecule has 21 heavy (non-hydrogen) atoms. The molecule has 2 unspecified atom stereocenters. The maximum atomic E-state index is 6.28. The molecule has 122 valence electrons. The molecule has 2 bridgehead atoms. The lowest BCUT2D eigenvalue weighted by Gasteiger charge is -2.42. The van der Waals surface area contributed by atoms with Gasteiger partial charge in [0.15, 0.2) is 8.32 Å². The monoisotopic (exact) mass is 311 g/mol. The van der Waals surface area contributed by atoms with E-state index >= 15 is 0 Å². The first-order chi connectivity index (χ1) is 9.71. The number of nitrogens with zero attached hydrogens (tertiary/aromatic N) is 1. The lowest BCUT2D eigenvalue weighted by molar-refractivity contribution is -0.0262. The maximum Gasteiger partial charge on any atom is 0.191 e. The topological polar surface area (TPSA) is 21.7 Å². The van der Waals surface area contributed by atoms with Crippen molar-refractivity contribution in [2.24, 2.45) is 0 Å². The Morgan fingerprint density at radius 3 is 2.67 bits per heavy atom. The molecule has 4 heteroatoms. The van der Waals surface area contributed by atoms with Gasteiger partial charge >= 0.3 is 0 Å². The zero-order valence-electron chi connectivity index (χ0n) is 14.7. The molecule has 2 aliphatic rings. The van der Waals surface area contributed by atoms with Crippen LogP contribution in [0.1, 0.15) is 40.0 Å². The second-order valence-electron chi connectivity index (χ2n) is 8.17. The average molecular weight is 312 g/mol. The largest absolute Gasteiger partial charge is 0.417 e. The summed E-state index contributed by atoms with van der Waals surface area (Å²) in [5, 5.41) is 0.314. The van der Waals surface area contributed by atoms with Crippen LogP contribution in [0.15, 0.2) is 11.6 Å². The molecule has 1 saturated heterocycles. The molecule has 0 aromatic heterocycles. The predicted octanol–water partition coefficient (Wildman–Crippen LogP) is 3.82. The highest BCUT2D eigenvalue weighted by Crippen LogP contribution is 2.36. The third-order valence-corrected chi connectivity index (χ3v) is 10.1. The lowest BCUT2D eigenvalue weighted by Crippen LogP contribution is -2.51. The van der Waals surface area contributed by atoms with E-state index in [1.54, 1.807) is 5.57 Å². The van der Waals surface area contributed by atoms with E-state index in [4.69, 9.17) is 9.16 Å². The van der Waals surface area contributed by atoms with E-state index in [2.05, 4.69) is 51.9 Å².